The van der Waals surface area contributed by atoms with Gasteiger partial charge in [0.25, 0.3) is 0 Å². The first-order valence-corrected chi connectivity index (χ1v) is 9.66. The second-order valence-corrected chi connectivity index (χ2v) is 7.10. The Morgan fingerprint density at radius 1 is 1.10 bits per heavy atom. The van der Waals surface area contributed by atoms with Crippen LogP contribution in [-0.2, 0) is 4.74 Å². The number of aliphatic imine (C=N–C) groups is 2. The van der Waals surface area contributed by atoms with Crippen molar-refractivity contribution >= 4 is 23.6 Å². The molecule has 1 aromatic rings. The predicted molar refractivity (Wildman–Crippen MR) is 118 cm³/mol. The average molecular weight is 383 g/mol. The van der Waals surface area contributed by atoms with E-state index >= 15 is 0 Å². The minimum absolute atomic E-state index is 0.454. The van der Waals surface area contributed by atoms with Gasteiger partial charge in [-0.3, -0.25) is 0 Å². The van der Waals surface area contributed by atoms with Crippen LogP contribution in [-0.4, -0.2) is 28.7 Å². The van der Waals surface area contributed by atoms with Crippen LogP contribution < -0.4 is 16.0 Å². The number of nitrogens with one attached hydrogen (secondary N) is 2. The lowest BCUT2D eigenvalue weighted by molar-refractivity contribution is -0.0105. The van der Waals surface area contributed by atoms with Crippen LogP contribution in [0.1, 0.15) is 14.7 Å². The minimum Gasteiger partial charge on any atom is -0.355 e. The highest BCUT2D eigenvalue weighted by molar-refractivity contribution is 6.20. The standard InChI is InChI=1S/C24H22N4O/c1-3-16-14-24(29-4-2)15-22-10-9-20(27-22)12-18-6-5-17(25-18)11-19-7-8-21(26-19)13-23(16)28-24/h3,5-13,15,25,28H,1,4,14H2,2H3/b17-11-,18-12-,21-13-,22-15-/i14D. The molecule has 0 saturated heterocycles. The molecule has 144 valence electrons. The Labute approximate surface area is 170 Å². The first-order chi connectivity index (χ1) is 14.6. The van der Waals surface area contributed by atoms with Crippen molar-refractivity contribution in [3.63, 3.8) is 0 Å². The van der Waals surface area contributed by atoms with E-state index in [0.717, 1.165) is 44.8 Å². The van der Waals surface area contributed by atoms with Crippen LogP contribution in [0.25, 0.3) is 12.2 Å². The van der Waals surface area contributed by atoms with Crippen molar-refractivity contribution in [2.24, 2.45) is 9.98 Å². The Bertz CT molecular complexity index is 1270. The van der Waals surface area contributed by atoms with Gasteiger partial charge in [0.2, 0.25) is 0 Å². The number of hydrogen-bond donors (Lipinski definition) is 2. The fourth-order valence-electron chi connectivity index (χ4n) is 3.75. The molecule has 5 nitrogen and oxygen atoms in total. The highest BCUT2D eigenvalue weighted by Gasteiger charge is 2.36. The summed E-state index contributed by atoms with van der Waals surface area (Å²) < 4.78 is 15.0. The summed E-state index contributed by atoms with van der Waals surface area (Å²) in [5.74, 6) is 0. The van der Waals surface area contributed by atoms with E-state index in [4.69, 9.17) is 16.1 Å². The average Bonchev–Trinajstić information content (AvgIpc) is 3.48. The quantitative estimate of drug-likeness (QED) is 0.843. The molecule has 0 radical (unpaired) electrons. The summed E-state index contributed by atoms with van der Waals surface area (Å²) in [5.41, 5.74) is 3.78. The summed E-state index contributed by atoms with van der Waals surface area (Å²) in [4.78, 5) is 12.8. The highest BCUT2D eigenvalue weighted by Crippen LogP contribution is 2.34. The van der Waals surface area contributed by atoms with Crippen LogP contribution in [0.2, 0.25) is 0 Å². The molecule has 0 spiro atoms. The van der Waals surface area contributed by atoms with Gasteiger partial charge in [-0.25, -0.2) is 9.98 Å². The summed E-state index contributed by atoms with van der Waals surface area (Å²) in [5, 5.41) is 5.36. The Morgan fingerprint density at radius 2 is 1.79 bits per heavy atom. The number of fused-ring (bicyclic) bond motifs is 6. The first kappa shape index (κ1) is 16.5. The molecule has 2 N–H and O–H groups in total. The summed E-state index contributed by atoms with van der Waals surface area (Å²) in [6.07, 6.45) is 16.7. The SMILES string of the molecule is [2H]C1C(C=C)=C2/C=C3/C=CC(=N3)/C=c3/cc/c([nH]3)=C/C3=NC(=C\C1(OCC)N2)/C=C3. The van der Waals surface area contributed by atoms with Crippen LogP contribution in [0.5, 0.6) is 0 Å². The molecule has 0 saturated carbocycles. The highest BCUT2D eigenvalue weighted by atomic mass is 16.5. The Morgan fingerprint density at radius 3 is 2.48 bits per heavy atom. The van der Waals surface area contributed by atoms with Crippen molar-refractivity contribution in [2.75, 3.05) is 6.61 Å². The van der Waals surface area contributed by atoms with Crippen LogP contribution in [0.15, 0.2) is 93.9 Å². The molecule has 8 bridgehead atoms. The third-order valence-corrected chi connectivity index (χ3v) is 4.97. The zero-order valence-electron chi connectivity index (χ0n) is 17.1. The summed E-state index contributed by atoms with van der Waals surface area (Å²) >= 11 is 0. The molecule has 0 aliphatic carbocycles. The van der Waals surface area contributed by atoms with Gasteiger partial charge in [-0.2, -0.15) is 0 Å². The van der Waals surface area contributed by atoms with E-state index in [2.05, 4.69) is 16.9 Å². The molecule has 5 heterocycles. The fraction of sp³-hybridized carbons (Fsp3) is 0.167. The van der Waals surface area contributed by atoms with Crippen molar-refractivity contribution in [2.45, 2.75) is 19.0 Å². The molecule has 4 aliphatic rings. The van der Waals surface area contributed by atoms with E-state index in [0.29, 0.717) is 6.61 Å². The van der Waals surface area contributed by atoms with Gasteiger partial charge in [0.05, 0.1) is 22.8 Å². The number of aromatic nitrogens is 1. The molecule has 2 unspecified atom stereocenters. The third-order valence-electron chi connectivity index (χ3n) is 4.97. The number of hydrogen-bond acceptors (Lipinski definition) is 4. The second kappa shape index (κ2) is 6.87. The monoisotopic (exact) mass is 383 g/mol. The number of nitrogens with zero attached hydrogens (tertiary/aromatic N) is 2. The van der Waals surface area contributed by atoms with Gasteiger partial charge in [-0.1, -0.05) is 12.7 Å². The van der Waals surface area contributed by atoms with Crippen molar-refractivity contribution in [1.82, 2.24) is 10.3 Å². The Balaban J connectivity index is 1.72. The van der Waals surface area contributed by atoms with Gasteiger partial charge < -0.3 is 15.0 Å². The minimum atomic E-state index is -1.03. The normalized spacial score (nSPS) is 33.3. The van der Waals surface area contributed by atoms with Crippen molar-refractivity contribution in [3.8, 4) is 0 Å². The summed E-state index contributed by atoms with van der Waals surface area (Å²) in [6.45, 7) is 6.30. The lowest BCUT2D eigenvalue weighted by Gasteiger charge is -2.27. The van der Waals surface area contributed by atoms with Crippen LogP contribution >= 0.6 is 0 Å². The van der Waals surface area contributed by atoms with E-state index in [-0.39, 0.29) is 0 Å². The van der Waals surface area contributed by atoms with Crippen molar-refractivity contribution < 1.29 is 6.11 Å². The topological polar surface area (TPSA) is 61.8 Å². The van der Waals surface area contributed by atoms with Gasteiger partial charge in [0, 0.05) is 30.8 Å². The Kier molecular flexibility index (Phi) is 3.91. The first-order valence-electron chi connectivity index (χ1n) is 10.2. The predicted octanol–water partition coefficient (Wildman–Crippen LogP) is 2.54. The summed E-state index contributed by atoms with van der Waals surface area (Å²) in [7, 11) is 0. The molecule has 2 atom stereocenters. The molecule has 0 aromatic carbocycles. The molecule has 4 aliphatic heterocycles. The lowest BCUT2D eigenvalue weighted by atomic mass is 10.0. The zero-order chi connectivity index (χ0) is 20.7. The molecule has 5 rings (SSSR count). The van der Waals surface area contributed by atoms with Gasteiger partial charge in [0.15, 0.2) is 5.72 Å². The van der Waals surface area contributed by atoms with E-state index in [1.165, 1.54) is 0 Å². The molecule has 1 aromatic heterocycles. The number of H-pyrrole nitrogens is 1. The number of allylic oxidation sites excluding steroid dienone is 6. The molecule has 29 heavy (non-hydrogen) atoms. The van der Waals surface area contributed by atoms with E-state index in [1.54, 1.807) is 6.08 Å². The van der Waals surface area contributed by atoms with Crippen LogP contribution in [0.3, 0.4) is 0 Å². The largest absolute Gasteiger partial charge is 0.355 e. The van der Waals surface area contributed by atoms with Crippen LogP contribution in [0.4, 0.5) is 0 Å². The maximum Gasteiger partial charge on any atom is 0.164 e. The van der Waals surface area contributed by atoms with Gasteiger partial charge >= 0.3 is 0 Å². The van der Waals surface area contributed by atoms with Gasteiger partial charge in [-0.15, -0.1) is 0 Å². The fourth-order valence-corrected chi connectivity index (χ4v) is 3.75. The molecule has 0 fully saturated rings. The Hall–Kier alpha value is -3.44. The van der Waals surface area contributed by atoms with E-state index in [1.807, 2.05) is 67.7 Å². The van der Waals surface area contributed by atoms with Gasteiger partial charge in [-0.05, 0) is 73.2 Å². The van der Waals surface area contributed by atoms with E-state index < -0.39 is 12.1 Å². The van der Waals surface area contributed by atoms with E-state index in [9.17, 15) is 0 Å². The zero-order valence-corrected chi connectivity index (χ0v) is 16.1. The number of ether oxygens (including phenoxy) is 1. The van der Waals surface area contributed by atoms with Crippen LogP contribution in [0, 0.1) is 0 Å². The number of rotatable bonds is 3. The molecular formula is C24H22N4O. The lowest BCUT2D eigenvalue weighted by Crippen LogP contribution is -2.41. The third kappa shape index (κ3) is 3.41. The van der Waals surface area contributed by atoms with Gasteiger partial charge in [0.1, 0.15) is 0 Å². The van der Waals surface area contributed by atoms with Crippen molar-refractivity contribution in [3.05, 3.63) is 94.6 Å². The number of aromatic amines is 1. The smallest absolute Gasteiger partial charge is 0.164 e. The molecule has 0 amide bonds. The molecule has 5 heteroatoms. The summed E-state index contributed by atoms with van der Waals surface area (Å²) in [6, 6.07) is 4.04. The van der Waals surface area contributed by atoms with Crippen molar-refractivity contribution in [1.29, 1.82) is 0 Å². The molecular weight excluding hydrogens is 360 g/mol. The maximum absolute atomic E-state index is 8.89. The maximum atomic E-state index is 8.89. The second-order valence-electron chi connectivity index (χ2n) is 7.10.